The van der Waals surface area contributed by atoms with Crippen molar-refractivity contribution in [3.8, 4) is 0 Å². The highest BCUT2D eigenvalue weighted by Gasteiger charge is 2.35. The van der Waals surface area contributed by atoms with Crippen molar-refractivity contribution in [1.29, 1.82) is 0 Å². The van der Waals surface area contributed by atoms with E-state index in [1.165, 1.54) is 22.0 Å². The molecule has 3 nitrogen and oxygen atoms in total. The Morgan fingerprint density at radius 3 is 3.00 bits per heavy atom. The molecule has 2 unspecified atom stereocenters. The molecule has 2 atom stereocenters. The van der Waals surface area contributed by atoms with Gasteiger partial charge in [-0.05, 0) is 24.8 Å². The Morgan fingerprint density at radius 1 is 1.45 bits per heavy atom. The third kappa shape index (κ3) is 3.06. The van der Waals surface area contributed by atoms with Crippen LogP contribution in [0.1, 0.15) is 54.9 Å². The molecule has 2 heterocycles. The smallest absolute Gasteiger partial charge is 0.123 e. The van der Waals surface area contributed by atoms with Crippen LogP contribution in [0, 0.1) is 5.41 Å². The van der Waals surface area contributed by atoms with Gasteiger partial charge in [-0.15, -0.1) is 11.3 Å². The molecule has 1 aliphatic heterocycles. The van der Waals surface area contributed by atoms with Gasteiger partial charge in [-0.25, -0.2) is 4.98 Å². The summed E-state index contributed by atoms with van der Waals surface area (Å²) in [6.45, 7) is 8.77. The van der Waals surface area contributed by atoms with Crippen molar-refractivity contribution in [3.63, 3.8) is 0 Å². The fourth-order valence-corrected chi connectivity index (χ4v) is 5.29. The van der Waals surface area contributed by atoms with E-state index in [1.54, 1.807) is 0 Å². The number of fused-ring (bicyclic) bond motifs is 1. The summed E-state index contributed by atoms with van der Waals surface area (Å²) >= 11 is 3.86. The second-order valence-electron chi connectivity index (χ2n) is 6.45. The minimum Gasteiger partial charge on any atom is -0.369 e. The predicted octanol–water partition coefficient (Wildman–Crippen LogP) is 3.57. The van der Waals surface area contributed by atoms with Crippen molar-refractivity contribution in [2.45, 2.75) is 45.8 Å². The molecule has 112 valence electrons. The van der Waals surface area contributed by atoms with Crippen LogP contribution in [0.25, 0.3) is 0 Å². The minimum atomic E-state index is 0.217. The molecule has 0 spiro atoms. The summed E-state index contributed by atoms with van der Waals surface area (Å²) in [6.07, 6.45) is 2.52. The van der Waals surface area contributed by atoms with E-state index < -0.39 is 0 Å². The average Bonchev–Trinajstić information content (AvgIpc) is 2.82. The number of hydrogen-bond acceptors (Lipinski definition) is 5. The molecule has 3 rings (SSSR count). The van der Waals surface area contributed by atoms with Gasteiger partial charge >= 0.3 is 0 Å². The Morgan fingerprint density at radius 2 is 2.30 bits per heavy atom. The molecule has 1 aromatic rings. The van der Waals surface area contributed by atoms with Crippen LogP contribution in [-0.2, 0) is 11.2 Å². The average molecular weight is 313 g/mol. The fourth-order valence-electron chi connectivity index (χ4n) is 3.13. The van der Waals surface area contributed by atoms with Crippen LogP contribution < -0.4 is 5.32 Å². The summed E-state index contributed by atoms with van der Waals surface area (Å²) in [5, 5.41) is 4.83. The molecule has 0 radical (unpaired) electrons. The highest BCUT2D eigenvalue weighted by atomic mass is 32.2. The van der Waals surface area contributed by atoms with Crippen LogP contribution in [-0.4, -0.2) is 29.6 Å². The Hall–Kier alpha value is -0.100. The Kier molecular flexibility index (Phi) is 4.41. The molecule has 2 aliphatic rings. The summed E-state index contributed by atoms with van der Waals surface area (Å²) in [4.78, 5) is 6.40. The SMILES string of the molecule is CCNC1CC(C)(C)Cc2nc(C3CSCCO3)sc21. The predicted molar refractivity (Wildman–Crippen MR) is 86.7 cm³/mol. The molecule has 0 bridgehead atoms. The number of thioether (sulfide) groups is 1. The van der Waals surface area contributed by atoms with E-state index >= 15 is 0 Å². The van der Waals surface area contributed by atoms with E-state index in [9.17, 15) is 0 Å². The lowest BCUT2D eigenvalue weighted by molar-refractivity contribution is 0.0753. The van der Waals surface area contributed by atoms with Crippen LogP contribution in [0.3, 0.4) is 0 Å². The normalized spacial score (nSPS) is 29.1. The molecule has 0 saturated carbocycles. The third-order valence-electron chi connectivity index (χ3n) is 4.01. The van der Waals surface area contributed by atoms with Gasteiger partial charge in [-0.1, -0.05) is 20.8 Å². The monoisotopic (exact) mass is 312 g/mol. The van der Waals surface area contributed by atoms with E-state index in [-0.39, 0.29) is 6.10 Å². The Balaban J connectivity index is 1.87. The van der Waals surface area contributed by atoms with Crippen molar-refractivity contribution in [3.05, 3.63) is 15.6 Å². The molecule has 1 aromatic heterocycles. The summed E-state index contributed by atoms with van der Waals surface area (Å²) < 4.78 is 5.90. The number of rotatable bonds is 3. The van der Waals surface area contributed by atoms with Gasteiger partial charge in [0.25, 0.3) is 0 Å². The van der Waals surface area contributed by atoms with Crippen molar-refractivity contribution >= 4 is 23.1 Å². The van der Waals surface area contributed by atoms with E-state index in [0.29, 0.717) is 11.5 Å². The summed E-state index contributed by atoms with van der Waals surface area (Å²) in [6, 6.07) is 0.473. The van der Waals surface area contributed by atoms with Gasteiger partial charge in [0.1, 0.15) is 11.1 Å². The van der Waals surface area contributed by atoms with E-state index in [2.05, 4.69) is 26.1 Å². The Labute approximate surface area is 129 Å². The highest BCUT2D eigenvalue weighted by molar-refractivity contribution is 7.99. The molecular weight excluding hydrogens is 288 g/mol. The van der Waals surface area contributed by atoms with Gasteiger partial charge in [0.2, 0.25) is 0 Å². The quantitative estimate of drug-likeness (QED) is 0.925. The van der Waals surface area contributed by atoms with Crippen LogP contribution in [0.15, 0.2) is 0 Å². The van der Waals surface area contributed by atoms with Crippen LogP contribution in [0.5, 0.6) is 0 Å². The van der Waals surface area contributed by atoms with Gasteiger partial charge < -0.3 is 10.1 Å². The summed E-state index contributed by atoms with van der Waals surface area (Å²) in [5.74, 6) is 2.18. The van der Waals surface area contributed by atoms with Gasteiger partial charge in [-0.3, -0.25) is 0 Å². The van der Waals surface area contributed by atoms with E-state index in [0.717, 1.165) is 31.1 Å². The van der Waals surface area contributed by atoms with Crippen LogP contribution in [0.2, 0.25) is 0 Å². The van der Waals surface area contributed by atoms with Gasteiger partial charge in [0, 0.05) is 22.4 Å². The minimum absolute atomic E-state index is 0.217. The number of thiazole rings is 1. The first-order valence-corrected chi connectivity index (χ1v) is 9.48. The maximum Gasteiger partial charge on any atom is 0.123 e. The molecule has 1 saturated heterocycles. The molecule has 1 N–H and O–H groups in total. The fraction of sp³-hybridized carbons (Fsp3) is 0.800. The Bertz CT molecular complexity index is 466. The molecule has 20 heavy (non-hydrogen) atoms. The molecule has 1 aliphatic carbocycles. The largest absolute Gasteiger partial charge is 0.369 e. The molecule has 1 fully saturated rings. The first kappa shape index (κ1) is 14.8. The van der Waals surface area contributed by atoms with E-state index in [1.807, 2.05) is 23.1 Å². The van der Waals surface area contributed by atoms with Crippen molar-refractivity contribution in [2.24, 2.45) is 5.41 Å². The van der Waals surface area contributed by atoms with Gasteiger partial charge in [0.05, 0.1) is 12.3 Å². The first-order valence-electron chi connectivity index (χ1n) is 7.51. The summed E-state index contributed by atoms with van der Waals surface area (Å²) in [5.41, 5.74) is 1.65. The lowest BCUT2D eigenvalue weighted by Crippen LogP contribution is -2.32. The molecule has 0 aromatic carbocycles. The molecule has 5 heteroatoms. The number of aromatic nitrogens is 1. The number of nitrogens with one attached hydrogen (secondary N) is 1. The number of hydrogen-bond donors (Lipinski definition) is 1. The maximum absolute atomic E-state index is 5.90. The van der Waals surface area contributed by atoms with Crippen molar-refractivity contribution in [2.75, 3.05) is 24.7 Å². The second-order valence-corrected chi connectivity index (χ2v) is 8.66. The number of ether oxygens (including phenoxy) is 1. The zero-order chi connectivity index (χ0) is 14.2. The maximum atomic E-state index is 5.90. The van der Waals surface area contributed by atoms with Crippen LogP contribution in [0.4, 0.5) is 0 Å². The van der Waals surface area contributed by atoms with Crippen molar-refractivity contribution < 1.29 is 4.74 Å². The zero-order valence-electron chi connectivity index (χ0n) is 12.6. The van der Waals surface area contributed by atoms with Crippen LogP contribution >= 0.6 is 23.1 Å². The van der Waals surface area contributed by atoms with Gasteiger partial charge in [-0.2, -0.15) is 11.8 Å². The highest BCUT2D eigenvalue weighted by Crippen LogP contribution is 2.44. The third-order valence-corrected chi connectivity index (χ3v) is 6.30. The second kappa shape index (κ2) is 5.95. The molecular formula is C15H24N2OS2. The molecule has 0 amide bonds. The number of nitrogens with zero attached hydrogens (tertiary/aromatic N) is 1. The van der Waals surface area contributed by atoms with Gasteiger partial charge in [0.15, 0.2) is 0 Å². The first-order chi connectivity index (χ1) is 9.59. The summed E-state index contributed by atoms with van der Waals surface area (Å²) in [7, 11) is 0. The zero-order valence-corrected chi connectivity index (χ0v) is 14.2. The standard InChI is InChI=1S/C15H24N2OS2/c1-4-16-10-7-15(2,3)8-11-13(10)20-14(17-11)12-9-19-6-5-18-12/h10,12,16H,4-9H2,1-3H3. The lowest BCUT2D eigenvalue weighted by atomic mass is 9.76. The lowest BCUT2D eigenvalue weighted by Gasteiger charge is -2.34. The van der Waals surface area contributed by atoms with E-state index in [4.69, 9.17) is 9.72 Å². The van der Waals surface area contributed by atoms with Crippen molar-refractivity contribution in [1.82, 2.24) is 10.3 Å². The topological polar surface area (TPSA) is 34.2 Å².